The number of anilines is 1. The van der Waals surface area contributed by atoms with Gasteiger partial charge in [-0.25, -0.2) is 12.8 Å². The van der Waals surface area contributed by atoms with Crippen molar-refractivity contribution in [1.29, 1.82) is 0 Å². The number of sulfonamides is 1. The van der Waals surface area contributed by atoms with Crippen LogP contribution in [0.2, 0.25) is 0 Å². The van der Waals surface area contributed by atoms with E-state index in [1.165, 1.54) is 82.6 Å². The van der Waals surface area contributed by atoms with Crippen molar-refractivity contribution in [3.05, 3.63) is 93.8 Å². The molecular weight excluding hydrogens is 543 g/mol. The minimum absolute atomic E-state index is 0.0656. The molecule has 3 rings (SSSR count). The largest absolute Gasteiger partial charge is 0.497 e. The average Bonchev–Trinajstić information content (AvgIpc) is 2.94. The lowest BCUT2D eigenvalue weighted by atomic mass is 10.1. The van der Waals surface area contributed by atoms with E-state index in [0.29, 0.717) is 5.75 Å². The molecule has 0 saturated heterocycles. The predicted molar refractivity (Wildman–Crippen MR) is 146 cm³/mol. The van der Waals surface area contributed by atoms with Gasteiger partial charge in [-0.15, -0.1) is 0 Å². The molecule has 1 N–H and O–H groups in total. The highest BCUT2D eigenvalue weighted by atomic mass is 32.2. The fraction of sp³-hybridized carbons (Fsp3) is 0.259. The molecule has 0 bridgehead atoms. The maximum Gasteiger partial charge on any atom is 0.273 e. The predicted octanol–water partition coefficient (Wildman–Crippen LogP) is 3.41. The normalized spacial score (nSPS) is 11.8. The molecule has 11 nitrogen and oxygen atoms in total. The van der Waals surface area contributed by atoms with Gasteiger partial charge in [0, 0.05) is 30.8 Å². The average molecular weight is 573 g/mol. The maximum absolute atomic E-state index is 14.5. The summed E-state index contributed by atoms with van der Waals surface area (Å²) in [4.78, 5) is 37.7. The zero-order valence-corrected chi connectivity index (χ0v) is 23.1. The summed E-state index contributed by atoms with van der Waals surface area (Å²) in [6.07, 6.45) is 0. The van der Waals surface area contributed by atoms with E-state index in [9.17, 15) is 32.5 Å². The lowest BCUT2D eigenvalue weighted by Gasteiger charge is -2.31. The number of rotatable bonds is 11. The van der Waals surface area contributed by atoms with Crippen LogP contribution < -0.4 is 14.4 Å². The lowest BCUT2D eigenvalue weighted by Crippen LogP contribution is -2.50. The monoisotopic (exact) mass is 572 g/mol. The number of nitrogens with zero attached hydrogens (tertiary/aromatic N) is 3. The Morgan fingerprint density at radius 3 is 2.33 bits per heavy atom. The number of likely N-dealkylation sites (N-methyl/N-ethyl adjacent to an activating group) is 1. The maximum atomic E-state index is 14.5. The number of halogens is 1. The van der Waals surface area contributed by atoms with Crippen LogP contribution >= 0.6 is 0 Å². The van der Waals surface area contributed by atoms with E-state index in [1.807, 2.05) is 0 Å². The lowest BCUT2D eigenvalue weighted by molar-refractivity contribution is -0.385. The Hall–Kier alpha value is -4.52. The number of aryl methyl sites for hydroxylation is 1. The molecule has 0 unspecified atom stereocenters. The van der Waals surface area contributed by atoms with Gasteiger partial charge in [0.1, 0.15) is 24.2 Å². The highest BCUT2D eigenvalue weighted by Gasteiger charge is 2.33. The molecule has 40 heavy (non-hydrogen) atoms. The van der Waals surface area contributed by atoms with E-state index in [2.05, 4.69) is 5.32 Å². The summed E-state index contributed by atoms with van der Waals surface area (Å²) in [6.45, 7) is 1.81. The summed E-state index contributed by atoms with van der Waals surface area (Å²) in [5, 5.41) is 13.9. The number of methoxy groups -OCH3 is 1. The first kappa shape index (κ1) is 30.0. The number of ether oxygens (including phenoxy) is 1. The number of nitrogens with one attached hydrogen (secondary N) is 1. The van der Waals surface area contributed by atoms with Gasteiger partial charge in [0.15, 0.2) is 0 Å². The summed E-state index contributed by atoms with van der Waals surface area (Å²) < 4.78 is 48.2. The van der Waals surface area contributed by atoms with E-state index in [0.717, 1.165) is 15.3 Å². The summed E-state index contributed by atoms with van der Waals surface area (Å²) in [5.41, 5.74) is 0.0402. The van der Waals surface area contributed by atoms with Gasteiger partial charge in [-0.1, -0.05) is 24.3 Å². The number of nitro groups is 1. The van der Waals surface area contributed by atoms with Crippen LogP contribution in [-0.2, 0) is 26.2 Å². The van der Waals surface area contributed by atoms with Crippen LogP contribution in [0.4, 0.5) is 15.8 Å². The number of nitro benzene ring substituents is 1. The summed E-state index contributed by atoms with van der Waals surface area (Å²) in [6, 6.07) is 13.9. The number of hydrogen-bond donors (Lipinski definition) is 1. The smallest absolute Gasteiger partial charge is 0.273 e. The first-order valence-electron chi connectivity index (χ1n) is 12.1. The van der Waals surface area contributed by atoms with Crippen molar-refractivity contribution in [2.75, 3.05) is 25.0 Å². The van der Waals surface area contributed by atoms with Crippen molar-refractivity contribution in [3.8, 4) is 5.75 Å². The van der Waals surface area contributed by atoms with Crippen LogP contribution in [0.5, 0.6) is 5.75 Å². The van der Waals surface area contributed by atoms with Crippen LogP contribution in [0.25, 0.3) is 0 Å². The van der Waals surface area contributed by atoms with Crippen molar-refractivity contribution in [1.82, 2.24) is 10.2 Å². The second-order valence-electron chi connectivity index (χ2n) is 8.82. The fourth-order valence-corrected chi connectivity index (χ4v) is 5.39. The van der Waals surface area contributed by atoms with Gasteiger partial charge < -0.3 is 15.0 Å². The van der Waals surface area contributed by atoms with Crippen LogP contribution in [0.1, 0.15) is 18.1 Å². The fourth-order valence-electron chi connectivity index (χ4n) is 3.95. The Kier molecular flexibility index (Phi) is 9.43. The molecular formula is C27H29FN4O7S. The second-order valence-corrected chi connectivity index (χ2v) is 10.7. The standard InChI is InChI=1S/C27H29FN4O7S/c1-18-9-14-23(15-25(18)32(35)36)40(37,38)31(21-10-12-22(39-4)13-11-21)17-26(33)30(19(2)27(34)29-3)16-20-7-5-6-8-24(20)28/h5-15,19H,16-17H2,1-4H3,(H,29,34)/t19-/m0/s1. The third kappa shape index (κ3) is 6.54. The Labute approximate surface area is 231 Å². The molecule has 0 radical (unpaired) electrons. The van der Waals surface area contributed by atoms with Gasteiger partial charge in [-0.05, 0) is 50.2 Å². The molecule has 0 aliphatic heterocycles. The molecule has 0 fully saturated rings. The third-order valence-corrected chi connectivity index (χ3v) is 8.09. The van der Waals surface area contributed by atoms with E-state index >= 15 is 0 Å². The number of hydrogen-bond acceptors (Lipinski definition) is 7. The summed E-state index contributed by atoms with van der Waals surface area (Å²) in [7, 11) is -1.73. The Morgan fingerprint density at radius 2 is 1.75 bits per heavy atom. The third-order valence-electron chi connectivity index (χ3n) is 6.32. The summed E-state index contributed by atoms with van der Waals surface area (Å²) >= 11 is 0. The molecule has 0 aliphatic carbocycles. The van der Waals surface area contributed by atoms with Crippen molar-refractivity contribution in [3.63, 3.8) is 0 Å². The van der Waals surface area contributed by atoms with Crippen molar-refractivity contribution in [2.24, 2.45) is 0 Å². The van der Waals surface area contributed by atoms with Gasteiger partial charge in [-0.3, -0.25) is 24.0 Å². The highest BCUT2D eigenvalue weighted by Crippen LogP contribution is 2.29. The zero-order chi connectivity index (χ0) is 29.6. The molecule has 0 aromatic heterocycles. The molecule has 1 atom stereocenters. The molecule has 3 aromatic carbocycles. The Morgan fingerprint density at radius 1 is 1.10 bits per heavy atom. The quantitative estimate of drug-likeness (QED) is 0.274. The second kappa shape index (κ2) is 12.6. The van der Waals surface area contributed by atoms with Gasteiger partial charge >= 0.3 is 0 Å². The summed E-state index contributed by atoms with van der Waals surface area (Å²) in [5.74, 6) is -1.53. The first-order valence-corrected chi connectivity index (χ1v) is 13.5. The molecule has 0 spiro atoms. The minimum atomic E-state index is -4.54. The highest BCUT2D eigenvalue weighted by molar-refractivity contribution is 7.92. The van der Waals surface area contributed by atoms with E-state index in [1.54, 1.807) is 6.07 Å². The number of benzene rings is 3. The van der Waals surface area contributed by atoms with Crippen LogP contribution in [0.15, 0.2) is 71.6 Å². The van der Waals surface area contributed by atoms with E-state index in [4.69, 9.17) is 4.74 Å². The van der Waals surface area contributed by atoms with Crippen LogP contribution in [0, 0.1) is 22.9 Å². The van der Waals surface area contributed by atoms with E-state index in [-0.39, 0.29) is 23.4 Å². The van der Waals surface area contributed by atoms with Crippen molar-refractivity contribution >= 4 is 33.2 Å². The van der Waals surface area contributed by atoms with Crippen molar-refractivity contribution < 1.29 is 32.1 Å². The number of amides is 2. The van der Waals surface area contributed by atoms with E-state index < -0.39 is 55.7 Å². The van der Waals surface area contributed by atoms with Gasteiger partial charge in [0.2, 0.25) is 11.8 Å². The van der Waals surface area contributed by atoms with Crippen molar-refractivity contribution in [2.45, 2.75) is 31.3 Å². The number of carbonyl (C=O) groups excluding carboxylic acids is 2. The molecule has 3 aromatic rings. The molecule has 13 heteroatoms. The molecule has 2 amide bonds. The van der Waals surface area contributed by atoms with Gasteiger partial charge in [0.25, 0.3) is 15.7 Å². The van der Waals surface area contributed by atoms with Gasteiger partial charge in [-0.2, -0.15) is 0 Å². The molecule has 0 saturated carbocycles. The SMILES string of the molecule is CNC(=O)[C@H](C)N(Cc1ccccc1F)C(=O)CN(c1ccc(OC)cc1)S(=O)(=O)c1ccc(C)c([N+](=O)[O-])c1. The number of carbonyl (C=O) groups is 2. The minimum Gasteiger partial charge on any atom is -0.497 e. The Bertz CT molecular complexity index is 1510. The zero-order valence-electron chi connectivity index (χ0n) is 22.3. The van der Waals surface area contributed by atoms with Gasteiger partial charge in [0.05, 0.1) is 22.6 Å². The molecule has 212 valence electrons. The first-order chi connectivity index (χ1) is 18.9. The molecule has 0 aliphatic rings. The topological polar surface area (TPSA) is 139 Å². The van der Waals surface area contributed by atoms with Crippen LogP contribution in [-0.4, -0.2) is 56.8 Å². The van der Waals surface area contributed by atoms with Crippen LogP contribution in [0.3, 0.4) is 0 Å². The Balaban J connectivity index is 2.10. The molecule has 0 heterocycles.